The van der Waals surface area contributed by atoms with Gasteiger partial charge in [-0.15, -0.1) is 0 Å². The second kappa shape index (κ2) is 5.93. The van der Waals surface area contributed by atoms with Crippen LogP contribution in [0.2, 0.25) is 0 Å². The van der Waals surface area contributed by atoms with Crippen LogP contribution in [0.5, 0.6) is 0 Å². The Labute approximate surface area is 118 Å². The van der Waals surface area contributed by atoms with E-state index < -0.39 is 17.7 Å². The van der Waals surface area contributed by atoms with Gasteiger partial charge in [-0.2, -0.15) is 0 Å². The maximum Gasteiger partial charge on any atom is 0.312 e. The summed E-state index contributed by atoms with van der Waals surface area (Å²) in [6.07, 6.45) is 0.321. The van der Waals surface area contributed by atoms with E-state index >= 15 is 0 Å². The van der Waals surface area contributed by atoms with Crippen molar-refractivity contribution in [2.45, 2.75) is 12.3 Å². The molecule has 5 heteroatoms. The van der Waals surface area contributed by atoms with Crippen LogP contribution in [0.25, 0.3) is 0 Å². The maximum absolute atomic E-state index is 13.1. The number of benzene rings is 1. The molecule has 1 heterocycles. The Morgan fingerprint density at radius 1 is 1.26 bits per heavy atom. The molecule has 1 N–H and O–H groups in total. The highest BCUT2D eigenvalue weighted by molar-refractivity contribution is 9.10. The predicted molar refractivity (Wildman–Crippen MR) is 72.4 cm³/mol. The molecule has 0 aliphatic carbocycles. The molecule has 0 aliphatic heterocycles. The van der Waals surface area contributed by atoms with Crippen molar-refractivity contribution in [2.24, 2.45) is 0 Å². The lowest BCUT2D eigenvalue weighted by Gasteiger charge is -2.12. The van der Waals surface area contributed by atoms with Crippen molar-refractivity contribution in [3.63, 3.8) is 0 Å². The van der Waals surface area contributed by atoms with Gasteiger partial charge in [0, 0.05) is 0 Å². The maximum atomic E-state index is 13.1. The van der Waals surface area contributed by atoms with E-state index in [1.165, 1.54) is 12.1 Å². The van der Waals surface area contributed by atoms with E-state index in [1.54, 1.807) is 0 Å². The number of aromatic nitrogens is 1. The number of hydrogen-bond donors (Lipinski definition) is 1. The number of carboxylic acid groups (broad SMARTS) is 1. The molecule has 0 fully saturated rings. The molecule has 2 aromatic rings. The van der Waals surface area contributed by atoms with Gasteiger partial charge in [0.05, 0.1) is 5.69 Å². The van der Waals surface area contributed by atoms with Gasteiger partial charge >= 0.3 is 5.97 Å². The molecule has 0 spiro atoms. The van der Waals surface area contributed by atoms with E-state index in [0.29, 0.717) is 12.1 Å². The Morgan fingerprint density at radius 2 is 1.95 bits per heavy atom. The molecular weight excluding hydrogens is 313 g/mol. The summed E-state index contributed by atoms with van der Waals surface area (Å²) in [5.74, 6) is -2.28. The number of rotatable bonds is 4. The SMILES string of the molecule is O=C(O)C(Cc1ccccc1)c1ccc(F)c(Br)n1. The Bertz CT molecular complexity index is 589. The second-order valence-electron chi connectivity index (χ2n) is 4.09. The highest BCUT2D eigenvalue weighted by Gasteiger charge is 2.22. The lowest BCUT2D eigenvalue weighted by molar-refractivity contribution is -0.138. The van der Waals surface area contributed by atoms with Gasteiger partial charge in [-0.3, -0.25) is 4.79 Å². The van der Waals surface area contributed by atoms with Gasteiger partial charge in [-0.25, -0.2) is 9.37 Å². The summed E-state index contributed by atoms with van der Waals surface area (Å²) >= 11 is 2.97. The van der Waals surface area contributed by atoms with Crippen molar-refractivity contribution in [2.75, 3.05) is 0 Å². The largest absolute Gasteiger partial charge is 0.481 e. The van der Waals surface area contributed by atoms with Crippen LogP contribution in [0.4, 0.5) is 4.39 Å². The van der Waals surface area contributed by atoms with Crippen LogP contribution >= 0.6 is 15.9 Å². The molecule has 1 aromatic carbocycles. The first kappa shape index (κ1) is 13.7. The second-order valence-corrected chi connectivity index (χ2v) is 4.84. The van der Waals surface area contributed by atoms with Crippen molar-refractivity contribution in [3.8, 4) is 0 Å². The van der Waals surface area contributed by atoms with Crippen molar-refractivity contribution < 1.29 is 14.3 Å². The molecule has 2 rings (SSSR count). The van der Waals surface area contributed by atoms with Crippen molar-refractivity contribution in [3.05, 3.63) is 64.1 Å². The smallest absolute Gasteiger partial charge is 0.312 e. The van der Waals surface area contributed by atoms with Gasteiger partial charge in [0.1, 0.15) is 10.5 Å². The van der Waals surface area contributed by atoms with Gasteiger partial charge in [-0.05, 0) is 40.0 Å². The molecule has 0 aliphatic rings. The highest BCUT2D eigenvalue weighted by atomic mass is 79.9. The first-order chi connectivity index (χ1) is 9.08. The summed E-state index contributed by atoms with van der Waals surface area (Å²) in [6.45, 7) is 0. The fraction of sp³-hybridized carbons (Fsp3) is 0.143. The van der Waals surface area contributed by atoms with E-state index in [2.05, 4.69) is 20.9 Å². The molecule has 1 aromatic heterocycles. The van der Waals surface area contributed by atoms with Crippen molar-refractivity contribution >= 4 is 21.9 Å². The third-order valence-electron chi connectivity index (χ3n) is 2.76. The van der Waals surface area contributed by atoms with Crippen LogP contribution in [0.1, 0.15) is 17.2 Å². The fourth-order valence-electron chi connectivity index (χ4n) is 1.79. The van der Waals surface area contributed by atoms with Crippen molar-refractivity contribution in [1.29, 1.82) is 0 Å². The molecule has 0 saturated heterocycles. The number of halogens is 2. The third kappa shape index (κ3) is 3.38. The zero-order chi connectivity index (χ0) is 13.8. The van der Waals surface area contributed by atoms with Crippen LogP contribution in [0.15, 0.2) is 47.1 Å². The third-order valence-corrected chi connectivity index (χ3v) is 3.32. The molecular formula is C14H11BrFNO2. The normalized spacial score (nSPS) is 12.1. The molecule has 3 nitrogen and oxygen atoms in total. The Kier molecular flexibility index (Phi) is 4.27. The minimum Gasteiger partial charge on any atom is -0.481 e. The lowest BCUT2D eigenvalue weighted by atomic mass is 9.96. The Hall–Kier alpha value is -1.75. The van der Waals surface area contributed by atoms with Gasteiger partial charge in [-0.1, -0.05) is 30.3 Å². The summed E-state index contributed by atoms with van der Waals surface area (Å²) in [5.41, 5.74) is 1.24. The zero-order valence-electron chi connectivity index (χ0n) is 9.88. The van der Waals surface area contributed by atoms with Gasteiger partial charge in [0.25, 0.3) is 0 Å². The first-order valence-electron chi connectivity index (χ1n) is 5.66. The molecule has 0 bridgehead atoms. The van der Waals surface area contributed by atoms with E-state index in [4.69, 9.17) is 0 Å². The minimum absolute atomic E-state index is 0.0318. The first-order valence-corrected chi connectivity index (χ1v) is 6.46. The topological polar surface area (TPSA) is 50.2 Å². The van der Waals surface area contributed by atoms with Gasteiger partial charge in [0.2, 0.25) is 0 Å². The van der Waals surface area contributed by atoms with E-state index in [-0.39, 0.29) is 4.60 Å². The number of pyridine rings is 1. The number of carbonyl (C=O) groups is 1. The molecule has 1 atom stereocenters. The lowest BCUT2D eigenvalue weighted by Crippen LogP contribution is -2.16. The van der Waals surface area contributed by atoms with E-state index in [1.807, 2.05) is 30.3 Å². The molecule has 0 amide bonds. The molecule has 1 unspecified atom stereocenters. The van der Waals surface area contributed by atoms with E-state index in [0.717, 1.165) is 5.56 Å². The van der Waals surface area contributed by atoms with Crippen LogP contribution in [-0.4, -0.2) is 16.1 Å². The Balaban J connectivity index is 2.30. The average Bonchev–Trinajstić information content (AvgIpc) is 2.40. The monoisotopic (exact) mass is 323 g/mol. The van der Waals surface area contributed by atoms with Crippen molar-refractivity contribution in [1.82, 2.24) is 4.98 Å². The molecule has 98 valence electrons. The molecule has 0 saturated carbocycles. The van der Waals surface area contributed by atoms with Gasteiger partial charge in [0.15, 0.2) is 5.82 Å². The number of aliphatic carboxylic acids is 1. The summed E-state index contributed by atoms with van der Waals surface area (Å²) in [6, 6.07) is 11.9. The van der Waals surface area contributed by atoms with Crippen LogP contribution in [-0.2, 0) is 11.2 Å². The summed E-state index contributed by atoms with van der Waals surface area (Å²) in [5, 5.41) is 9.30. The quantitative estimate of drug-likeness (QED) is 0.877. The number of hydrogen-bond acceptors (Lipinski definition) is 2. The summed E-state index contributed by atoms with van der Waals surface area (Å²) in [4.78, 5) is 15.3. The van der Waals surface area contributed by atoms with E-state index in [9.17, 15) is 14.3 Å². The highest BCUT2D eigenvalue weighted by Crippen LogP contribution is 2.22. The summed E-state index contributed by atoms with van der Waals surface area (Å²) in [7, 11) is 0. The van der Waals surface area contributed by atoms with Crippen LogP contribution in [0.3, 0.4) is 0 Å². The van der Waals surface area contributed by atoms with Crippen LogP contribution < -0.4 is 0 Å². The van der Waals surface area contributed by atoms with Gasteiger partial charge < -0.3 is 5.11 Å². The molecule has 0 radical (unpaired) electrons. The zero-order valence-corrected chi connectivity index (χ0v) is 11.5. The predicted octanol–water partition coefficient (Wildman–Crippen LogP) is 3.39. The fourth-order valence-corrected chi connectivity index (χ4v) is 2.13. The molecule has 19 heavy (non-hydrogen) atoms. The number of nitrogens with zero attached hydrogens (tertiary/aromatic N) is 1. The Morgan fingerprint density at radius 3 is 2.53 bits per heavy atom. The number of carboxylic acids is 1. The standard InChI is InChI=1S/C14H11BrFNO2/c15-13-11(16)6-7-12(17-13)10(14(18)19)8-9-4-2-1-3-5-9/h1-7,10H,8H2,(H,18,19). The summed E-state index contributed by atoms with van der Waals surface area (Å²) < 4.78 is 13.2. The average molecular weight is 324 g/mol. The minimum atomic E-state index is -0.977. The van der Waals surface area contributed by atoms with Crippen LogP contribution in [0, 0.1) is 5.82 Å².